The first kappa shape index (κ1) is 17.5. The van der Waals surface area contributed by atoms with Crippen LogP contribution in [0.4, 0.5) is 0 Å². The first-order valence-corrected chi connectivity index (χ1v) is 9.51. The Kier molecular flexibility index (Phi) is 4.75. The van der Waals surface area contributed by atoms with Gasteiger partial charge in [0.1, 0.15) is 5.69 Å². The van der Waals surface area contributed by atoms with E-state index in [-0.39, 0.29) is 11.7 Å². The number of aromatic nitrogens is 2. The van der Waals surface area contributed by atoms with Gasteiger partial charge in [-0.1, -0.05) is 12.1 Å². The van der Waals surface area contributed by atoms with Gasteiger partial charge in [0.2, 0.25) is 0 Å². The summed E-state index contributed by atoms with van der Waals surface area (Å²) in [5.74, 6) is 0.377. The lowest BCUT2D eigenvalue weighted by molar-refractivity contribution is 0.0950. The maximum Gasteiger partial charge on any atom is 0.269 e. The van der Waals surface area contributed by atoms with Crippen molar-refractivity contribution in [3.63, 3.8) is 0 Å². The largest absolute Gasteiger partial charge is 0.361 e. The van der Waals surface area contributed by atoms with Crippen LogP contribution in [0.15, 0.2) is 42.6 Å². The van der Waals surface area contributed by atoms with Crippen LogP contribution in [-0.4, -0.2) is 28.2 Å². The average Bonchev–Trinajstić information content (AvgIpc) is 3.34. The number of nitrogens with zero attached hydrogens (tertiary/aromatic N) is 1. The van der Waals surface area contributed by atoms with Gasteiger partial charge in [0.15, 0.2) is 5.78 Å². The van der Waals surface area contributed by atoms with Gasteiger partial charge in [0, 0.05) is 47.7 Å². The zero-order chi connectivity index (χ0) is 18.8. The molecule has 0 unspecified atom stereocenters. The number of benzene rings is 1. The molecular formula is C22H23N3O2. The molecule has 0 aliphatic heterocycles. The Morgan fingerprint density at radius 3 is 2.85 bits per heavy atom. The maximum atomic E-state index is 12.6. The van der Waals surface area contributed by atoms with Gasteiger partial charge in [0.05, 0.1) is 0 Å². The number of H-pyrrole nitrogens is 1. The van der Waals surface area contributed by atoms with E-state index in [2.05, 4.69) is 21.4 Å². The number of pyridine rings is 1. The van der Waals surface area contributed by atoms with Crippen molar-refractivity contribution in [2.45, 2.75) is 32.6 Å². The molecule has 2 heterocycles. The molecular weight excluding hydrogens is 338 g/mol. The van der Waals surface area contributed by atoms with Crippen molar-refractivity contribution in [2.75, 3.05) is 6.54 Å². The quantitative estimate of drug-likeness (QED) is 0.627. The molecule has 1 aliphatic carbocycles. The predicted octanol–water partition coefficient (Wildman–Crippen LogP) is 3.89. The fourth-order valence-corrected chi connectivity index (χ4v) is 3.41. The molecule has 1 aromatic carbocycles. The molecule has 3 aromatic rings. The second kappa shape index (κ2) is 7.35. The monoisotopic (exact) mass is 361 g/mol. The molecule has 1 amide bonds. The van der Waals surface area contributed by atoms with Gasteiger partial charge in [-0.15, -0.1) is 0 Å². The van der Waals surface area contributed by atoms with Crippen molar-refractivity contribution in [2.24, 2.45) is 5.92 Å². The van der Waals surface area contributed by atoms with Crippen molar-refractivity contribution < 1.29 is 9.59 Å². The third-order valence-corrected chi connectivity index (χ3v) is 5.00. The molecule has 2 N–H and O–H groups in total. The Morgan fingerprint density at radius 2 is 2.07 bits per heavy atom. The van der Waals surface area contributed by atoms with Crippen molar-refractivity contribution in [1.29, 1.82) is 0 Å². The number of hydrogen-bond acceptors (Lipinski definition) is 3. The van der Waals surface area contributed by atoms with E-state index < -0.39 is 0 Å². The number of amides is 1. The van der Waals surface area contributed by atoms with E-state index in [4.69, 9.17) is 0 Å². The van der Waals surface area contributed by atoms with Crippen LogP contribution in [0.3, 0.4) is 0 Å². The number of fused-ring (bicyclic) bond motifs is 1. The number of carbonyl (C=O) groups is 2. The van der Waals surface area contributed by atoms with Gasteiger partial charge in [-0.25, -0.2) is 4.98 Å². The molecule has 0 bridgehead atoms. The van der Waals surface area contributed by atoms with E-state index in [0.717, 1.165) is 35.0 Å². The van der Waals surface area contributed by atoms with E-state index in [1.165, 1.54) is 0 Å². The highest BCUT2D eigenvalue weighted by molar-refractivity contribution is 6.00. The number of nitrogens with one attached hydrogen (secondary N) is 2. The predicted molar refractivity (Wildman–Crippen MR) is 105 cm³/mol. The van der Waals surface area contributed by atoms with Gasteiger partial charge < -0.3 is 10.3 Å². The third-order valence-electron chi connectivity index (χ3n) is 5.00. The third kappa shape index (κ3) is 3.92. The standard InChI is InChI=1S/C22H23N3O2/c1-2-23-22(27)20-13-16(21(26)10-14-6-7-14)12-17(25-20)11-15-4-3-5-19-18(15)8-9-24-19/h3-5,8-9,12-14,24H,2,6-7,10-11H2,1H3,(H,23,27). The summed E-state index contributed by atoms with van der Waals surface area (Å²) in [6.07, 6.45) is 5.31. The second-order valence-corrected chi connectivity index (χ2v) is 7.20. The zero-order valence-electron chi connectivity index (χ0n) is 15.4. The van der Waals surface area contributed by atoms with Crippen LogP contribution in [0.5, 0.6) is 0 Å². The Morgan fingerprint density at radius 1 is 1.22 bits per heavy atom. The number of aromatic amines is 1. The molecule has 1 fully saturated rings. The number of Topliss-reactive ketones (excluding diaryl/α,β-unsaturated/α-hetero) is 1. The summed E-state index contributed by atoms with van der Waals surface area (Å²) in [6.45, 7) is 2.40. The van der Waals surface area contributed by atoms with E-state index in [1.807, 2.05) is 37.4 Å². The van der Waals surface area contributed by atoms with Crippen LogP contribution in [0.1, 0.15) is 58.3 Å². The van der Waals surface area contributed by atoms with E-state index in [0.29, 0.717) is 36.6 Å². The lowest BCUT2D eigenvalue weighted by Gasteiger charge is -2.10. The van der Waals surface area contributed by atoms with Crippen LogP contribution in [0.25, 0.3) is 10.9 Å². The summed E-state index contributed by atoms with van der Waals surface area (Å²) >= 11 is 0. The Bertz CT molecular complexity index is 1000. The molecule has 1 aliphatic rings. The number of hydrogen-bond donors (Lipinski definition) is 2. The molecule has 0 radical (unpaired) electrons. The topological polar surface area (TPSA) is 74.8 Å². The van der Waals surface area contributed by atoms with Crippen LogP contribution in [-0.2, 0) is 6.42 Å². The van der Waals surface area contributed by atoms with E-state index in [1.54, 1.807) is 6.07 Å². The Labute approximate surface area is 158 Å². The van der Waals surface area contributed by atoms with Gasteiger partial charge in [0.25, 0.3) is 5.91 Å². The van der Waals surface area contributed by atoms with Crippen LogP contribution < -0.4 is 5.32 Å². The highest BCUT2D eigenvalue weighted by Gasteiger charge is 2.25. The van der Waals surface area contributed by atoms with Crippen LogP contribution in [0.2, 0.25) is 0 Å². The second-order valence-electron chi connectivity index (χ2n) is 7.20. The lowest BCUT2D eigenvalue weighted by atomic mass is 10.0. The molecule has 2 aromatic heterocycles. The minimum absolute atomic E-state index is 0.103. The first-order chi connectivity index (χ1) is 13.1. The SMILES string of the molecule is CCNC(=O)c1cc(C(=O)CC2CC2)cc(Cc2cccc3[nH]ccc23)n1. The highest BCUT2D eigenvalue weighted by Crippen LogP contribution is 2.33. The fraction of sp³-hybridized carbons (Fsp3) is 0.318. The van der Waals surface area contributed by atoms with Gasteiger partial charge in [-0.3, -0.25) is 9.59 Å². The molecule has 5 nitrogen and oxygen atoms in total. The lowest BCUT2D eigenvalue weighted by Crippen LogP contribution is -2.24. The van der Waals surface area contributed by atoms with Crippen molar-refractivity contribution in [3.05, 3.63) is 65.1 Å². The summed E-state index contributed by atoms with van der Waals surface area (Å²) < 4.78 is 0. The number of ketones is 1. The van der Waals surface area contributed by atoms with Crippen LogP contribution >= 0.6 is 0 Å². The minimum atomic E-state index is -0.236. The molecule has 4 rings (SSSR count). The Hall–Kier alpha value is -2.95. The summed E-state index contributed by atoms with van der Waals surface area (Å²) in [5, 5.41) is 3.91. The van der Waals surface area contributed by atoms with Gasteiger partial charge in [-0.05, 0) is 55.5 Å². The summed E-state index contributed by atoms with van der Waals surface area (Å²) in [5.41, 5.74) is 3.84. The van der Waals surface area contributed by atoms with Crippen molar-refractivity contribution in [3.8, 4) is 0 Å². The number of rotatable bonds is 7. The molecule has 27 heavy (non-hydrogen) atoms. The van der Waals surface area contributed by atoms with Crippen molar-refractivity contribution >= 4 is 22.6 Å². The first-order valence-electron chi connectivity index (χ1n) is 9.51. The molecule has 138 valence electrons. The average molecular weight is 361 g/mol. The summed E-state index contributed by atoms with van der Waals surface area (Å²) in [6, 6.07) is 11.6. The molecule has 5 heteroatoms. The zero-order valence-corrected chi connectivity index (χ0v) is 15.4. The maximum absolute atomic E-state index is 12.6. The van der Waals surface area contributed by atoms with Crippen LogP contribution in [0, 0.1) is 5.92 Å². The van der Waals surface area contributed by atoms with Crippen molar-refractivity contribution in [1.82, 2.24) is 15.3 Å². The summed E-state index contributed by atoms with van der Waals surface area (Å²) in [7, 11) is 0. The fourth-order valence-electron chi connectivity index (χ4n) is 3.41. The number of carbonyl (C=O) groups excluding carboxylic acids is 2. The molecule has 0 atom stereocenters. The molecule has 0 saturated heterocycles. The van der Waals surface area contributed by atoms with Gasteiger partial charge >= 0.3 is 0 Å². The Balaban J connectivity index is 1.69. The van der Waals surface area contributed by atoms with E-state index >= 15 is 0 Å². The smallest absolute Gasteiger partial charge is 0.269 e. The normalized spacial score (nSPS) is 13.7. The molecule has 1 saturated carbocycles. The molecule has 0 spiro atoms. The minimum Gasteiger partial charge on any atom is -0.361 e. The van der Waals surface area contributed by atoms with E-state index in [9.17, 15) is 9.59 Å². The highest BCUT2D eigenvalue weighted by atomic mass is 16.2. The summed E-state index contributed by atoms with van der Waals surface area (Å²) in [4.78, 5) is 32.7. The van der Waals surface area contributed by atoms with Gasteiger partial charge in [-0.2, -0.15) is 0 Å².